The summed E-state index contributed by atoms with van der Waals surface area (Å²) >= 11 is 11.6. The van der Waals surface area contributed by atoms with Gasteiger partial charge in [-0.15, -0.1) is 0 Å². The molecule has 2 N–H and O–H groups in total. The molecule has 3 heterocycles. The van der Waals surface area contributed by atoms with Crippen LogP contribution in [0.2, 0.25) is 10.2 Å². The number of hydrazone groups is 1. The van der Waals surface area contributed by atoms with E-state index < -0.39 is 10.6 Å². The lowest BCUT2D eigenvalue weighted by Crippen LogP contribution is -2.47. The first-order valence-corrected chi connectivity index (χ1v) is 12.8. The lowest BCUT2D eigenvalue weighted by atomic mass is 9.73. The van der Waals surface area contributed by atoms with Gasteiger partial charge in [0.2, 0.25) is 0 Å². The maximum atomic E-state index is 11.1. The van der Waals surface area contributed by atoms with Crippen molar-refractivity contribution in [2.75, 3.05) is 13.1 Å². The molecule has 0 spiro atoms. The van der Waals surface area contributed by atoms with E-state index in [-0.39, 0.29) is 11.4 Å². The summed E-state index contributed by atoms with van der Waals surface area (Å²) in [6, 6.07) is 11.3. The van der Waals surface area contributed by atoms with E-state index in [1.165, 1.54) is 11.9 Å². The van der Waals surface area contributed by atoms with Crippen LogP contribution in [0.4, 0.5) is 0 Å². The highest BCUT2D eigenvalue weighted by molar-refractivity contribution is 6.30. The molecule has 0 radical (unpaired) electrons. The van der Waals surface area contributed by atoms with Gasteiger partial charge in [-0.3, -0.25) is 4.68 Å². The van der Waals surface area contributed by atoms with Crippen LogP contribution < -0.4 is 5.32 Å². The van der Waals surface area contributed by atoms with Gasteiger partial charge in [0.05, 0.1) is 12.1 Å². The molecule has 1 aliphatic heterocycles. The van der Waals surface area contributed by atoms with E-state index >= 15 is 0 Å². The topological polar surface area (TPSA) is 135 Å². The van der Waals surface area contributed by atoms with Crippen molar-refractivity contribution in [3.05, 3.63) is 86.7 Å². The van der Waals surface area contributed by atoms with Gasteiger partial charge in [0.25, 0.3) is 5.96 Å². The summed E-state index contributed by atoms with van der Waals surface area (Å²) in [6.45, 7) is 8.42. The summed E-state index contributed by atoms with van der Waals surface area (Å²) in [6.07, 6.45) is 6.21. The van der Waals surface area contributed by atoms with Crippen LogP contribution in [0.5, 0.6) is 0 Å². The number of nitrogens with zero attached hydrogens (tertiary/aromatic N) is 7. The van der Waals surface area contributed by atoms with Crippen LogP contribution >= 0.6 is 23.2 Å². The van der Waals surface area contributed by atoms with Crippen molar-refractivity contribution < 1.29 is 10.1 Å². The van der Waals surface area contributed by atoms with Crippen molar-refractivity contribution >= 4 is 29.2 Å². The molecular weight excluding hydrogens is 531 g/mol. The highest BCUT2D eigenvalue weighted by Gasteiger charge is 2.40. The minimum atomic E-state index is -0.861. The summed E-state index contributed by atoms with van der Waals surface area (Å²) in [7, 11) is 0. The number of halogens is 2. The number of pyridine rings is 1. The number of aromatic nitrogens is 4. The van der Waals surface area contributed by atoms with Crippen LogP contribution in [0.25, 0.3) is 0 Å². The van der Waals surface area contributed by atoms with Crippen LogP contribution in [0, 0.1) is 15.5 Å². The van der Waals surface area contributed by atoms with E-state index in [4.69, 9.17) is 23.2 Å². The number of rotatable bonds is 8. The molecule has 204 valence electrons. The van der Waals surface area contributed by atoms with Gasteiger partial charge in [0.15, 0.2) is 5.03 Å². The molecular formula is C25H32Cl2N8O3. The number of nitro groups is 1. The first kappa shape index (κ1) is 29.3. The molecule has 1 atom stereocenters. The Balaban J connectivity index is 0.000000215. The molecule has 13 heteroatoms. The summed E-state index contributed by atoms with van der Waals surface area (Å²) in [5.74, 6) is 0.282. The highest BCUT2D eigenvalue weighted by atomic mass is 35.5. The highest BCUT2D eigenvalue weighted by Crippen LogP contribution is 2.35. The number of nitrogens with one attached hydrogen (secondary N) is 1. The van der Waals surface area contributed by atoms with Crippen LogP contribution in [0.3, 0.4) is 0 Å². The second-order valence-electron chi connectivity index (χ2n) is 10.0. The predicted octanol–water partition coefficient (Wildman–Crippen LogP) is 4.03. The first-order valence-electron chi connectivity index (χ1n) is 12.1. The van der Waals surface area contributed by atoms with Crippen molar-refractivity contribution in [1.29, 1.82) is 0 Å². The van der Waals surface area contributed by atoms with Crippen molar-refractivity contribution in [2.24, 2.45) is 10.5 Å². The number of aryl methyl sites for hydroxylation is 1. The normalized spacial score (nSPS) is 15.9. The number of hydrogen-bond acceptors (Lipinski definition) is 6. The number of benzene rings is 1. The smallest absolute Gasteiger partial charge is 0.271 e. The van der Waals surface area contributed by atoms with E-state index in [1.54, 1.807) is 28.2 Å². The Morgan fingerprint density at radius 2 is 1.87 bits per heavy atom. The van der Waals surface area contributed by atoms with Gasteiger partial charge >= 0.3 is 0 Å². The number of aliphatic hydroxyl groups is 1. The van der Waals surface area contributed by atoms with Gasteiger partial charge in [-0.2, -0.15) is 5.10 Å². The van der Waals surface area contributed by atoms with Crippen molar-refractivity contribution in [3.63, 3.8) is 0 Å². The van der Waals surface area contributed by atoms with Gasteiger partial charge in [0.1, 0.15) is 22.9 Å². The number of hydrogen-bond donors (Lipinski definition) is 2. The molecule has 11 nitrogen and oxygen atoms in total. The lowest BCUT2D eigenvalue weighted by molar-refractivity contribution is -0.485. The molecule has 0 aliphatic carbocycles. The van der Waals surface area contributed by atoms with E-state index in [1.807, 2.05) is 51.1 Å². The van der Waals surface area contributed by atoms with Crippen molar-refractivity contribution in [3.8, 4) is 0 Å². The molecule has 1 fully saturated rings. The van der Waals surface area contributed by atoms with Crippen molar-refractivity contribution in [2.45, 2.75) is 52.3 Å². The second kappa shape index (κ2) is 13.0. The SMILES string of the molecule is CC(C)(C)C(O)(CCc1ccc(Cl)cc1)Cn1cncn1.O=[N+]([O-])/N=C1\NCCN1Cc1ccc(Cl)nc1. The zero-order valence-electron chi connectivity index (χ0n) is 21.6. The average molecular weight is 563 g/mol. The predicted molar refractivity (Wildman–Crippen MR) is 146 cm³/mol. The molecule has 2 aromatic heterocycles. The molecule has 4 rings (SSSR count). The molecule has 1 saturated heterocycles. The third-order valence-electron chi connectivity index (χ3n) is 6.33. The van der Waals surface area contributed by atoms with Crippen LogP contribution in [-0.4, -0.2) is 59.4 Å². The minimum Gasteiger partial charge on any atom is -0.387 e. The fourth-order valence-corrected chi connectivity index (χ4v) is 4.08. The summed E-state index contributed by atoms with van der Waals surface area (Å²) < 4.78 is 1.69. The zero-order valence-corrected chi connectivity index (χ0v) is 23.1. The van der Waals surface area contributed by atoms with Gasteiger partial charge in [-0.25, -0.2) is 20.1 Å². The molecule has 1 aliphatic rings. The van der Waals surface area contributed by atoms with Crippen LogP contribution in [-0.2, 0) is 19.5 Å². The Bertz CT molecular complexity index is 1200. The summed E-state index contributed by atoms with van der Waals surface area (Å²) in [5.41, 5.74) is 0.973. The maximum Gasteiger partial charge on any atom is 0.271 e. The van der Waals surface area contributed by atoms with E-state index in [0.29, 0.717) is 37.8 Å². The van der Waals surface area contributed by atoms with E-state index in [0.717, 1.165) is 17.0 Å². The Morgan fingerprint density at radius 3 is 2.45 bits per heavy atom. The molecule has 0 bridgehead atoms. The molecule has 0 amide bonds. The lowest BCUT2D eigenvalue weighted by Gasteiger charge is -2.40. The van der Waals surface area contributed by atoms with Gasteiger partial charge in [0, 0.05) is 30.9 Å². The molecule has 1 aromatic carbocycles. The van der Waals surface area contributed by atoms with Gasteiger partial charge < -0.3 is 15.3 Å². The van der Waals surface area contributed by atoms with Gasteiger partial charge in [-0.05, 0) is 47.6 Å². The Labute approximate surface area is 231 Å². The van der Waals surface area contributed by atoms with E-state index in [9.17, 15) is 15.2 Å². The zero-order chi connectivity index (χ0) is 27.8. The molecule has 38 heavy (non-hydrogen) atoms. The van der Waals surface area contributed by atoms with Crippen LogP contribution in [0.15, 0.2) is 60.4 Å². The van der Waals surface area contributed by atoms with E-state index in [2.05, 4.69) is 25.5 Å². The fourth-order valence-electron chi connectivity index (χ4n) is 3.85. The monoisotopic (exact) mass is 562 g/mol. The molecule has 3 aromatic rings. The molecule has 1 unspecified atom stereocenters. The third-order valence-corrected chi connectivity index (χ3v) is 6.81. The Morgan fingerprint density at radius 1 is 1.16 bits per heavy atom. The van der Waals surface area contributed by atoms with Crippen LogP contribution in [0.1, 0.15) is 38.3 Å². The Kier molecular flexibility index (Phi) is 10.0. The second-order valence-corrected chi connectivity index (χ2v) is 10.8. The maximum absolute atomic E-state index is 11.1. The third kappa shape index (κ3) is 8.64. The fraction of sp³-hybridized carbons (Fsp3) is 0.440. The molecule has 0 saturated carbocycles. The summed E-state index contributed by atoms with van der Waals surface area (Å²) in [5, 5.41) is 32.1. The van der Waals surface area contributed by atoms with Crippen molar-refractivity contribution in [1.82, 2.24) is 30.0 Å². The minimum absolute atomic E-state index is 0.259. The average Bonchev–Trinajstić information content (AvgIpc) is 3.52. The van der Waals surface area contributed by atoms with Gasteiger partial charge in [-0.1, -0.05) is 62.2 Å². The Hall–Kier alpha value is -3.28. The quantitative estimate of drug-likeness (QED) is 0.238. The summed E-state index contributed by atoms with van der Waals surface area (Å²) in [4.78, 5) is 20.0. The standard InChI is InChI=1S/C16H22ClN3O.C9H10ClN5O2/c1-15(2,3)16(21,10-20-12-18-11-19-20)9-8-13-4-6-14(17)7-5-13;10-8-2-1-7(5-12-8)6-14-4-3-11-9(14)13-15(16)17/h4-7,11-12,21H,8-10H2,1-3H3;1-2,5H,3-4,6H2,(H,11,13). The largest absolute Gasteiger partial charge is 0.387 e. The number of guanidine groups is 1. The first-order chi connectivity index (χ1) is 17.9.